The Morgan fingerprint density at radius 1 is 0.771 bits per heavy atom. The molecule has 2 saturated heterocycles. The summed E-state index contributed by atoms with van der Waals surface area (Å²) < 4.78 is 27.4. The van der Waals surface area contributed by atoms with Crippen LogP contribution in [0.2, 0.25) is 0 Å². The monoisotopic (exact) mass is 499 g/mol. The van der Waals surface area contributed by atoms with E-state index in [0.29, 0.717) is 57.0 Å². The molecule has 0 radical (unpaired) electrons. The Kier molecular flexibility index (Phi) is 8.07. The lowest BCUT2D eigenvalue weighted by Gasteiger charge is -2.35. The predicted molar refractivity (Wildman–Crippen MR) is 133 cm³/mol. The molecular weight excluding hydrogens is 466 g/mol. The van der Waals surface area contributed by atoms with Crippen LogP contribution in [0.15, 0.2) is 53.4 Å². The normalized spacial score (nSPS) is 17.7. The van der Waals surface area contributed by atoms with Gasteiger partial charge in [0.2, 0.25) is 15.9 Å². The van der Waals surface area contributed by atoms with E-state index in [1.165, 1.54) is 6.07 Å². The fourth-order valence-corrected chi connectivity index (χ4v) is 6.17. The number of para-hydroxylation sites is 1. The van der Waals surface area contributed by atoms with E-state index >= 15 is 0 Å². The Hall–Kier alpha value is -2.91. The molecule has 2 fully saturated rings. The standard InChI is InChI=1S/C26H33N3O5S/c30-24-8-4-3-7-23(24)26(32)28-19-17-27(18-20-28)25(31)14-11-21-9-12-22(13-10-21)35(33,34)29-15-5-1-2-6-16-29/h3-4,7-10,12-13,30H,1-2,5-6,11,14-20H2. The van der Waals surface area contributed by atoms with E-state index in [2.05, 4.69) is 0 Å². The minimum absolute atomic E-state index is 0.0147. The van der Waals surface area contributed by atoms with Crippen LogP contribution in [0.3, 0.4) is 0 Å². The highest BCUT2D eigenvalue weighted by atomic mass is 32.2. The molecule has 2 aliphatic heterocycles. The number of benzene rings is 2. The van der Waals surface area contributed by atoms with Gasteiger partial charge in [-0.1, -0.05) is 37.1 Å². The summed E-state index contributed by atoms with van der Waals surface area (Å²) in [6.07, 6.45) is 4.79. The van der Waals surface area contributed by atoms with Crippen molar-refractivity contribution < 1.29 is 23.1 Å². The summed E-state index contributed by atoms with van der Waals surface area (Å²) in [6.45, 7) is 2.88. The van der Waals surface area contributed by atoms with Crippen LogP contribution in [0.1, 0.15) is 48.0 Å². The number of phenolic OH excluding ortho intramolecular Hbond substituents is 1. The summed E-state index contributed by atoms with van der Waals surface area (Å²) in [5.41, 5.74) is 1.19. The Morgan fingerprint density at radius 2 is 1.37 bits per heavy atom. The average molecular weight is 500 g/mol. The first-order valence-electron chi connectivity index (χ1n) is 12.3. The van der Waals surface area contributed by atoms with Gasteiger partial charge in [-0.2, -0.15) is 4.31 Å². The lowest BCUT2D eigenvalue weighted by atomic mass is 10.1. The number of aryl methyl sites for hydroxylation is 1. The molecule has 2 aromatic carbocycles. The van der Waals surface area contributed by atoms with Crippen molar-refractivity contribution in [2.75, 3.05) is 39.3 Å². The maximum Gasteiger partial charge on any atom is 0.257 e. The molecule has 9 heteroatoms. The third-order valence-electron chi connectivity index (χ3n) is 6.81. The van der Waals surface area contributed by atoms with Gasteiger partial charge in [-0.15, -0.1) is 0 Å². The lowest BCUT2D eigenvalue weighted by molar-refractivity contribution is -0.132. The zero-order valence-corrected chi connectivity index (χ0v) is 20.8. The van der Waals surface area contributed by atoms with Crippen molar-refractivity contribution in [3.8, 4) is 5.75 Å². The fourth-order valence-electron chi connectivity index (χ4n) is 4.65. The van der Waals surface area contributed by atoms with Crippen LogP contribution in [0.4, 0.5) is 0 Å². The van der Waals surface area contributed by atoms with E-state index in [-0.39, 0.29) is 23.1 Å². The van der Waals surface area contributed by atoms with Crippen LogP contribution in [0, 0.1) is 0 Å². The first-order chi connectivity index (χ1) is 16.9. The van der Waals surface area contributed by atoms with Crippen LogP contribution in [0.5, 0.6) is 5.75 Å². The zero-order chi connectivity index (χ0) is 24.8. The molecule has 188 valence electrons. The molecule has 0 spiro atoms. The largest absolute Gasteiger partial charge is 0.507 e. The first kappa shape index (κ1) is 25.2. The van der Waals surface area contributed by atoms with Crippen LogP contribution in [0.25, 0.3) is 0 Å². The highest BCUT2D eigenvalue weighted by molar-refractivity contribution is 7.89. The highest BCUT2D eigenvalue weighted by Gasteiger charge is 2.27. The smallest absolute Gasteiger partial charge is 0.257 e. The second-order valence-corrected chi connectivity index (χ2v) is 11.1. The first-order valence-corrected chi connectivity index (χ1v) is 13.7. The van der Waals surface area contributed by atoms with Crippen molar-refractivity contribution in [3.63, 3.8) is 0 Å². The van der Waals surface area contributed by atoms with Crippen molar-refractivity contribution >= 4 is 21.8 Å². The Morgan fingerprint density at radius 3 is 2.00 bits per heavy atom. The number of aromatic hydroxyl groups is 1. The van der Waals surface area contributed by atoms with E-state index in [0.717, 1.165) is 31.2 Å². The number of phenols is 1. The van der Waals surface area contributed by atoms with Crippen molar-refractivity contribution in [2.24, 2.45) is 0 Å². The van der Waals surface area contributed by atoms with Crippen LogP contribution in [-0.2, 0) is 21.2 Å². The van der Waals surface area contributed by atoms with Gasteiger partial charge in [-0.3, -0.25) is 9.59 Å². The van der Waals surface area contributed by atoms with E-state index in [1.807, 2.05) is 0 Å². The van der Waals surface area contributed by atoms with E-state index < -0.39 is 10.0 Å². The Balaban J connectivity index is 1.27. The van der Waals surface area contributed by atoms with E-state index in [9.17, 15) is 23.1 Å². The minimum Gasteiger partial charge on any atom is -0.507 e. The summed E-state index contributed by atoms with van der Waals surface area (Å²) in [6, 6.07) is 13.3. The molecule has 8 nitrogen and oxygen atoms in total. The molecule has 0 saturated carbocycles. The van der Waals surface area contributed by atoms with Gasteiger partial charge < -0.3 is 14.9 Å². The highest BCUT2D eigenvalue weighted by Crippen LogP contribution is 2.22. The summed E-state index contributed by atoms with van der Waals surface area (Å²) >= 11 is 0. The van der Waals surface area contributed by atoms with Gasteiger partial charge >= 0.3 is 0 Å². The molecule has 35 heavy (non-hydrogen) atoms. The van der Waals surface area contributed by atoms with Crippen molar-refractivity contribution in [3.05, 3.63) is 59.7 Å². The molecule has 0 unspecified atom stereocenters. The number of rotatable bonds is 6. The van der Waals surface area contributed by atoms with Crippen LogP contribution in [-0.4, -0.2) is 78.7 Å². The maximum absolute atomic E-state index is 12.9. The van der Waals surface area contributed by atoms with E-state index in [1.54, 1.807) is 56.6 Å². The average Bonchev–Trinajstić information content (AvgIpc) is 3.18. The number of carbonyl (C=O) groups is 2. The second-order valence-electron chi connectivity index (χ2n) is 9.15. The Bertz CT molecular complexity index is 1130. The van der Waals surface area contributed by atoms with Gasteiger partial charge in [0.1, 0.15) is 5.75 Å². The summed E-state index contributed by atoms with van der Waals surface area (Å²) in [5.74, 6) is -0.257. The molecule has 0 aliphatic carbocycles. The van der Waals surface area contributed by atoms with Crippen LogP contribution >= 0.6 is 0 Å². The van der Waals surface area contributed by atoms with Crippen molar-refractivity contribution in [1.82, 2.24) is 14.1 Å². The summed E-state index contributed by atoms with van der Waals surface area (Å²) in [4.78, 5) is 29.1. The molecule has 0 aromatic heterocycles. The summed E-state index contributed by atoms with van der Waals surface area (Å²) in [7, 11) is -3.48. The molecule has 2 aromatic rings. The number of amides is 2. The van der Waals surface area contributed by atoms with Crippen molar-refractivity contribution in [2.45, 2.75) is 43.4 Å². The van der Waals surface area contributed by atoms with Gasteiger partial charge in [0.25, 0.3) is 5.91 Å². The lowest BCUT2D eigenvalue weighted by Crippen LogP contribution is -2.50. The second kappa shape index (κ2) is 11.2. The number of piperazine rings is 1. The molecular formula is C26H33N3O5S. The molecule has 4 rings (SSSR count). The zero-order valence-electron chi connectivity index (χ0n) is 19.9. The molecule has 2 aliphatic rings. The SMILES string of the molecule is O=C(CCc1ccc(S(=O)(=O)N2CCCCCC2)cc1)N1CCN(C(=O)c2ccccc2O)CC1. The molecule has 0 bridgehead atoms. The predicted octanol–water partition coefficient (Wildman–Crippen LogP) is 2.87. The molecule has 1 N–H and O–H groups in total. The topological polar surface area (TPSA) is 98.2 Å². The summed E-state index contributed by atoms with van der Waals surface area (Å²) in [5, 5.41) is 9.92. The van der Waals surface area contributed by atoms with Gasteiger partial charge in [-0.25, -0.2) is 8.42 Å². The van der Waals surface area contributed by atoms with Crippen LogP contribution < -0.4 is 0 Å². The molecule has 2 heterocycles. The third kappa shape index (κ3) is 6.02. The number of hydrogen-bond donors (Lipinski definition) is 1. The molecule has 2 amide bonds. The maximum atomic E-state index is 12.9. The van der Waals surface area contributed by atoms with E-state index in [4.69, 9.17) is 0 Å². The third-order valence-corrected chi connectivity index (χ3v) is 8.72. The molecule has 0 atom stereocenters. The van der Waals surface area contributed by atoms with Gasteiger partial charge in [0.05, 0.1) is 10.5 Å². The van der Waals surface area contributed by atoms with Gasteiger partial charge in [-0.05, 0) is 49.1 Å². The fraction of sp³-hybridized carbons (Fsp3) is 0.462. The number of carbonyl (C=O) groups excluding carboxylic acids is 2. The Labute approximate surface area is 207 Å². The number of hydrogen-bond acceptors (Lipinski definition) is 5. The van der Waals surface area contributed by atoms with Gasteiger partial charge in [0.15, 0.2) is 0 Å². The number of nitrogens with zero attached hydrogens (tertiary/aromatic N) is 3. The number of sulfonamides is 1. The quantitative estimate of drug-likeness (QED) is 0.659. The minimum atomic E-state index is -3.48. The van der Waals surface area contributed by atoms with Crippen molar-refractivity contribution in [1.29, 1.82) is 0 Å². The van der Waals surface area contributed by atoms with Gasteiger partial charge in [0, 0.05) is 45.7 Å².